The summed E-state index contributed by atoms with van der Waals surface area (Å²) in [5.74, 6) is 1.16. The highest BCUT2D eigenvalue weighted by Crippen LogP contribution is 2.37. The largest absolute Gasteiger partial charge is 0.495 e. The number of nitrogens with zero attached hydrogens (tertiary/aromatic N) is 2. The zero-order valence-corrected chi connectivity index (χ0v) is 18.1. The summed E-state index contributed by atoms with van der Waals surface area (Å²) in [4.78, 5) is 20.2. The van der Waals surface area contributed by atoms with E-state index in [0.29, 0.717) is 11.8 Å². The highest BCUT2D eigenvalue weighted by atomic mass is 32.2. The van der Waals surface area contributed by atoms with Crippen molar-refractivity contribution >= 4 is 29.0 Å². The summed E-state index contributed by atoms with van der Waals surface area (Å²) in [5, 5.41) is 0.533. The number of rotatable bonds is 4. The van der Waals surface area contributed by atoms with Gasteiger partial charge in [-0.3, -0.25) is 4.79 Å². The molecule has 0 bridgehead atoms. The number of benzene rings is 2. The molecule has 2 aromatic rings. The van der Waals surface area contributed by atoms with E-state index in [-0.39, 0.29) is 5.91 Å². The molecule has 1 saturated heterocycles. The van der Waals surface area contributed by atoms with Crippen molar-refractivity contribution in [3.05, 3.63) is 48.5 Å². The van der Waals surface area contributed by atoms with Crippen LogP contribution in [0.15, 0.2) is 53.4 Å². The molecule has 0 radical (unpaired) electrons. The lowest BCUT2D eigenvalue weighted by Gasteiger charge is -2.34. The minimum Gasteiger partial charge on any atom is -0.495 e. The Hall–Kier alpha value is -2.18. The number of hydrogen-bond acceptors (Lipinski definition) is 4. The zero-order chi connectivity index (χ0) is 20.2. The third-order valence-corrected chi connectivity index (χ3v) is 7.08. The molecule has 6 heteroatoms. The molecule has 154 valence electrons. The molecule has 5 nitrogen and oxygen atoms in total. The number of carbonyl (C=O) groups excluding carboxylic acids is 1. The molecule has 1 N–H and O–H groups in total. The fourth-order valence-electron chi connectivity index (χ4n) is 4.19. The number of anilines is 2. The monoisotopic (exact) mass is 412 g/mol. The second-order valence-corrected chi connectivity index (χ2v) is 9.30. The van der Waals surface area contributed by atoms with E-state index >= 15 is 0 Å². The lowest BCUT2D eigenvalue weighted by molar-refractivity contribution is -0.892. The van der Waals surface area contributed by atoms with Crippen molar-refractivity contribution in [1.29, 1.82) is 0 Å². The maximum absolute atomic E-state index is 13.2. The Balaban J connectivity index is 1.39. The third-order valence-electron chi connectivity index (χ3n) is 5.84. The van der Waals surface area contributed by atoms with Gasteiger partial charge >= 0.3 is 0 Å². The van der Waals surface area contributed by atoms with Gasteiger partial charge in [0.2, 0.25) is 0 Å². The zero-order valence-electron chi connectivity index (χ0n) is 17.3. The average Bonchev–Trinajstić information content (AvgIpc) is 2.92. The number of quaternary nitrogens is 1. The standard InChI is InChI=1S/C23H29N3O2S/c1-18-11-12-26(20-8-4-6-10-22(20)29-18)23(27)17-24-13-15-25(16-14-24)19-7-3-5-9-21(19)28-2/h3-10,18H,11-17H2,1-2H3/p+1/t18-/m0/s1. The first kappa shape index (κ1) is 20.1. The molecule has 0 spiro atoms. The van der Waals surface area contributed by atoms with Crippen molar-refractivity contribution < 1.29 is 14.4 Å². The Morgan fingerprint density at radius 1 is 1.07 bits per heavy atom. The van der Waals surface area contributed by atoms with Crippen LogP contribution in [-0.2, 0) is 4.79 Å². The van der Waals surface area contributed by atoms with Crippen LogP contribution in [0.2, 0.25) is 0 Å². The first-order chi connectivity index (χ1) is 14.2. The summed E-state index contributed by atoms with van der Waals surface area (Å²) < 4.78 is 5.51. The van der Waals surface area contributed by atoms with Crippen molar-refractivity contribution in [2.75, 3.05) is 56.2 Å². The summed E-state index contributed by atoms with van der Waals surface area (Å²) in [6.07, 6.45) is 1.03. The number of fused-ring (bicyclic) bond motifs is 1. The normalized spacial score (nSPS) is 20.1. The number of piperazine rings is 1. The van der Waals surface area contributed by atoms with Crippen LogP contribution in [-0.4, -0.2) is 57.5 Å². The van der Waals surface area contributed by atoms with Gasteiger partial charge in [0.25, 0.3) is 5.91 Å². The molecule has 2 heterocycles. The number of thioether (sulfide) groups is 1. The van der Waals surface area contributed by atoms with Crippen LogP contribution >= 0.6 is 11.8 Å². The van der Waals surface area contributed by atoms with E-state index in [1.54, 1.807) is 7.11 Å². The Labute approximate surface area is 177 Å². The number of para-hydroxylation sites is 3. The van der Waals surface area contributed by atoms with Gasteiger partial charge in [0.1, 0.15) is 5.75 Å². The van der Waals surface area contributed by atoms with Crippen molar-refractivity contribution in [2.24, 2.45) is 0 Å². The molecule has 0 aliphatic carbocycles. The Bertz CT molecular complexity index is 852. The molecule has 4 rings (SSSR count). The molecular formula is C23H30N3O2S+. The minimum atomic E-state index is 0.243. The molecule has 2 aromatic carbocycles. The van der Waals surface area contributed by atoms with Crippen molar-refractivity contribution in [3.8, 4) is 5.75 Å². The van der Waals surface area contributed by atoms with Gasteiger partial charge < -0.3 is 19.4 Å². The Morgan fingerprint density at radius 2 is 1.76 bits per heavy atom. The van der Waals surface area contributed by atoms with E-state index in [1.165, 1.54) is 9.80 Å². The number of methoxy groups -OCH3 is 1. The van der Waals surface area contributed by atoms with Gasteiger partial charge in [-0.1, -0.05) is 31.2 Å². The maximum Gasteiger partial charge on any atom is 0.282 e. The van der Waals surface area contributed by atoms with E-state index in [1.807, 2.05) is 34.9 Å². The first-order valence-electron chi connectivity index (χ1n) is 10.4. The van der Waals surface area contributed by atoms with Crippen LogP contribution in [0.5, 0.6) is 5.75 Å². The Morgan fingerprint density at radius 3 is 2.52 bits per heavy atom. The van der Waals surface area contributed by atoms with Crippen LogP contribution < -0.4 is 19.4 Å². The molecule has 0 saturated carbocycles. The molecule has 2 aliphatic heterocycles. The summed E-state index contributed by atoms with van der Waals surface area (Å²) >= 11 is 1.88. The van der Waals surface area contributed by atoms with Crippen LogP contribution in [0.25, 0.3) is 0 Å². The van der Waals surface area contributed by atoms with Crippen molar-refractivity contribution in [2.45, 2.75) is 23.5 Å². The van der Waals surface area contributed by atoms with Gasteiger partial charge in [-0.2, -0.15) is 0 Å². The molecule has 29 heavy (non-hydrogen) atoms. The molecule has 1 fully saturated rings. The number of hydrogen-bond donors (Lipinski definition) is 1. The highest BCUT2D eigenvalue weighted by Gasteiger charge is 2.29. The average molecular weight is 413 g/mol. The van der Waals surface area contributed by atoms with Crippen LogP contribution in [0.1, 0.15) is 13.3 Å². The summed E-state index contributed by atoms with van der Waals surface area (Å²) in [6, 6.07) is 16.5. The van der Waals surface area contributed by atoms with Gasteiger partial charge in [-0.25, -0.2) is 0 Å². The molecule has 0 unspecified atom stereocenters. The van der Waals surface area contributed by atoms with Gasteiger partial charge in [0.05, 0.1) is 44.7 Å². The SMILES string of the molecule is COc1ccccc1N1CC[NH+](CC(=O)N2CC[C@H](C)Sc3ccccc32)CC1. The van der Waals surface area contributed by atoms with Crippen molar-refractivity contribution in [1.82, 2.24) is 0 Å². The topological polar surface area (TPSA) is 37.2 Å². The molecular weight excluding hydrogens is 382 g/mol. The van der Waals surface area contributed by atoms with Crippen LogP contribution in [0, 0.1) is 0 Å². The predicted molar refractivity (Wildman–Crippen MR) is 120 cm³/mol. The van der Waals surface area contributed by atoms with E-state index < -0.39 is 0 Å². The fraction of sp³-hybridized carbons (Fsp3) is 0.435. The number of ether oxygens (including phenoxy) is 1. The van der Waals surface area contributed by atoms with E-state index in [4.69, 9.17) is 4.74 Å². The first-order valence-corrected chi connectivity index (χ1v) is 11.3. The second-order valence-electron chi connectivity index (χ2n) is 7.82. The quantitative estimate of drug-likeness (QED) is 0.836. The summed E-state index contributed by atoms with van der Waals surface area (Å²) in [5.41, 5.74) is 2.23. The van der Waals surface area contributed by atoms with E-state index in [0.717, 1.165) is 56.3 Å². The van der Waals surface area contributed by atoms with E-state index in [9.17, 15) is 4.79 Å². The van der Waals surface area contributed by atoms with Gasteiger partial charge in [0.15, 0.2) is 6.54 Å². The minimum absolute atomic E-state index is 0.243. The summed E-state index contributed by atoms with van der Waals surface area (Å²) in [6.45, 7) is 7.42. The maximum atomic E-state index is 13.2. The fourth-order valence-corrected chi connectivity index (χ4v) is 5.30. The van der Waals surface area contributed by atoms with Crippen LogP contribution in [0.4, 0.5) is 11.4 Å². The van der Waals surface area contributed by atoms with E-state index in [2.05, 4.69) is 42.2 Å². The van der Waals surface area contributed by atoms with Gasteiger partial charge in [-0.05, 0) is 30.7 Å². The highest BCUT2D eigenvalue weighted by molar-refractivity contribution is 8.00. The lowest BCUT2D eigenvalue weighted by atomic mass is 10.2. The smallest absolute Gasteiger partial charge is 0.282 e. The molecule has 2 aliphatic rings. The number of carbonyl (C=O) groups is 1. The number of nitrogens with one attached hydrogen (secondary N) is 1. The van der Waals surface area contributed by atoms with Crippen molar-refractivity contribution in [3.63, 3.8) is 0 Å². The molecule has 1 atom stereocenters. The second kappa shape index (κ2) is 9.09. The summed E-state index contributed by atoms with van der Waals surface area (Å²) in [7, 11) is 1.72. The molecule has 1 amide bonds. The Kier molecular flexibility index (Phi) is 6.31. The molecule has 0 aromatic heterocycles. The lowest BCUT2D eigenvalue weighted by Crippen LogP contribution is -3.16. The predicted octanol–water partition coefficient (Wildman–Crippen LogP) is 2.32. The third kappa shape index (κ3) is 4.54. The van der Waals surface area contributed by atoms with Crippen LogP contribution in [0.3, 0.4) is 0 Å². The van der Waals surface area contributed by atoms with Gasteiger partial charge in [0, 0.05) is 16.7 Å². The number of amides is 1. The van der Waals surface area contributed by atoms with Gasteiger partial charge in [-0.15, -0.1) is 11.8 Å².